The molecule has 18 heavy (non-hydrogen) atoms. The number of nitrogens with zero attached hydrogens (tertiary/aromatic N) is 1. The van der Waals surface area contributed by atoms with Crippen LogP contribution in [0.4, 0.5) is 5.69 Å². The third-order valence-corrected chi connectivity index (χ3v) is 4.81. The van der Waals surface area contributed by atoms with Crippen LogP contribution in [0.5, 0.6) is 0 Å². The van der Waals surface area contributed by atoms with Gasteiger partial charge >= 0.3 is 0 Å². The van der Waals surface area contributed by atoms with E-state index in [1.54, 1.807) is 26.0 Å². The highest BCUT2D eigenvalue weighted by Crippen LogP contribution is 2.17. The van der Waals surface area contributed by atoms with Crippen LogP contribution in [0, 0.1) is 13.8 Å². The number of sulfonamides is 1. The van der Waals surface area contributed by atoms with E-state index in [4.69, 9.17) is 18.0 Å². The molecule has 1 aromatic rings. The molecule has 1 rings (SSSR count). The molecule has 0 aliphatic rings. The van der Waals surface area contributed by atoms with E-state index in [1.807, 2.05) is 6.92 Å². The van der Waals surface area contributed by atoms with Crippen LogP contribution in [0.15, 0.2) is 12.1 Å². The normalized spacial score (nSPS) is 13.1. The molecule has 1 unspecified atom stereocenters. The molecular weight excluding hydrogens is 270 g/mol. The zero-order valence-corrected chi connectivity index (χ0v) is 12.2. The first-order valence-corrected chi connectivity index (χ1v) is 7.48. The summed E-state index contributed by atoms with van der Waals surface area (Å²) in [6.07, 6.45) is 0.336. The van der Waals surface area contributed by atoms with Gasteiger partial charge in [0.05, 0.1) is 16.4 Å². The molecule has 0 bridgehead atoms. The van der Waals surface area contributed by atoms with Gasteiger partial charge in [-0.2, -0.15) is 0 Å². The van der Waals surface area contributed by atoms with Crippen molar-refractivity contribution >= 4 is 32.9 Å². The lowest BCUT2D eigenvalue weighted by atomic mass is 10.3. The van der Waals surface area contributed by atoms with Gasteiger partial charge in [-0.1, -0.05) is 19.1 Å². The molecule has 1 atom stereocenters. The second kappa shape index (κ2) is 5.62. The van der Waals surface area contributed by atoms with Crippen molar-refractivity contribution in [1.29, 1.82) is 0 Å². The van der Waals surface area contributed by atoms with Gasteiger partial charge in [0.25, 0.3) is 0 Å². The molecule has 5 nitrogen and oxygen atoms in total. The van der Waals surface area contributed by atoms with Gasteiger partial charge in [0.15, 0.2) is 0 Å². The summed E-state index contributed by atoms with van der Waals surface area (Å²) >= 11 is 4.78. The highest BCUT2D eigenvalue weighted by atomic mass is 32.2. The van der Waals surface area contributed by atoms with Crippen LogP contribution in [0.25, 0.3) is 0 Å². The van der Waals surface area contributed by atoms with Crippen LogP contribution in [0.2, 0.25) is 0 Å². The molecule has 0 saturated heterocycles. The molecule has 0 radical (unpaired) electrons. The van der Waals surface area contributed by atoms with Crippen LogP contribution < -0.4 is 10.5 Å². The topological polar surface area (TPSA) is 85.1 Å². The molecule has 0 saturated carbocycles. The summed E-state index contributed by atoms with van der Waals surface area (Å²) in [5.41, 5.74) is 7.35. The molecule has 0 fully saturated rings. The van der Waals surface area contributed by atoms with E-state index in [9.17, 15) is 8.42 Å². The zero-order valence-electron chi connectivity index (χ0n) is 10.6. The van der Waals surface area contributed by atoms with Crippen LogP contribution in [-0.2, 0) is 10.0 Å². The van der Waals surface area contributed by atoms with Crippen LogP contribution in [-0.4, -0.2) is 23.6 Å². The number of thiocarbonyl (C=S) groups is 1. The number of anilines is 1. The fourth-order valence-corrected chi connectivity index (χ4v) is 3.55. The van der Waals surface area contributed by atoms with Gasteiger partial charge in [0.2, 0.25) is 10.0 Å². The van der Waals surface area contributed by atoms with Crippen molar-refractivity contribution in [2.75, 3.05) is 4.72 Å². The maximum atomic E-state index is 12.1. The number of aryl methyl sites for hydroxylation is 2. The van der Waals surface area contributed by atoms with Gasteiger partial charge < -0.3 is 5.73 Å². The number of hydrogen-bond acceptors (Lipinski definition) is 4. The Labute approximate surface area is 113 Å². The Balaban J connectivity index is 3.05. The standard InChI is InChI=1S/C11H17N3O2S2/c1-4-10(11(12)17)18(15,16)14-9-6-5-7(2)13-8(9)3/h5-6,10,14H,4H2,1-3H3,(H2,12,17). The monoisotopic (exact) mass is 287 g/mol. The van der Waals surface area contributed by atoms with Crippen LogP contribution in [0.3, 0.4) is 0 Å². The number of aromatic nitrogens is 1. The Morgan fingerprint density at radius 3 is 2.56 bits per heavy atom. The smallest absolute Gasteiger partial charge is 0.242 e. The maximum absolute atomic E-state index is 12.1. The molecule has 100 valence electrons. The molecule has 7 heteroatoms. The van der Waals surface area contributed by atoms with E-state index in [0.717, 1.165) is 5.69 Å². The Hall–Kier alpha value is -1.21. The number of nitrogens with one attached hydrogen (secondary N) is 1. The van der Waals surface area contributed by atoms with E-state index >= 15 is 0 Å². The molecule has 1 heterocycles. The van der Waals surface area contributed by atoms with Crippen LogP contribution in [0.1, 0.15) is 24.7 Å². The molecule has 0 spiro atoms. The van der Waals surface area contributed by atoms with E-state index in [0.29, 0.717) is 17.8 Å². The first-order chi connectivity index (χ1) is 8.27. The molecule has 0 aliphatic heterocycles. The Bertz CT molecular complexity index is 555. The summed E-state index contributed by atoms with van der Waals surface area (Å²) in [6, 6.07) is 3.42. The van der Waals surface area contributed by atoms with Gasteiger partial charge in [-0.15, -0.1) is 0 Å². The lowest BCUT2D eigenvalue weighted by molar-refractivity contribution is 0.594. The highest BCUT2D eigenvalue weighted by Gasteiger charge is 2.26. The Kier molecular flexibility index (Phi) is 4.64. The van der Waals surface area contributed by atoms with Gasteiger partial charge in [-0.3, -0.25) is 9.71 Å². The van der Waals surface area contributed by atoms with Gasteiger partial charge in [0, 0.05) is 5.69 Å². The van der Waals surface area contributed by atoms with E-state index < -0.39 is 15.3 Å². The third kappa shape index (κ3) is 3.39. The van der Waals surface area contributed by atoms with Crippen molar-refractivity contribution < 1.29 is 8.42 Å². The van der Waals surface area contributed by atoms with Crippen LogP contribution >= 0.6 is 12.2 Å². The molecule has 0 amide bonds. The quantitative estimate of drug-likeness (QED) is 0.802. The molecule has 1 aromatic heterocycles. The molecule has 0 aromatic carbocycles. The first kappa shape index (κ1) is 14.8. The Morgan fingerprint density at radius 2 is 2.11 bits per heavy atom. The van der Waals surface area contributed by atoms with Gasteiger partial charge in [-0.05, 0) is 32.4 Å². The van der Waals surface area contributed by atoms with Crippen molar-refractivity contribution in [1.82, 2.24) is 4.98 Å². The van der Waals surface area contributed by atoms with Gasteiger partial charge in [0.1, 0.15) is 5.25 Å². The van der Waals surface area contributed by atoms with Gasteiger partial charge in [-0.25, -0.2) is 8.42 Å². The zero-order chi connectivity index (χ0) is 13.9. The minimum absolute atomic E-state index is 0.0253. The van der Waals surface area contributed by atoms with Crippen molar-refractivity contribution in [3.8, 4) is 0 Å². The third-order valence-electron chi connectivity index (χ3n) is 2.54. The number of nitrogens with two attached hydrogens (primary N) is 1. The summed E-state index contributed by atoms with van der Waals surface area (Å²) in [5.74, 6) is 0. The number of hydrogen-bond donors (Lipinski definition) is 2. The summed E-state index contributed by atoms with van der Waals surface area (Å²) < 4.78 is 26.7. The fourth-order valence-electron chi connectivity index (χ4n) is 1.59. The maximum Gasteiger partial charge on any atom is 0.242 e. The van der Waals surface area contributed by atoms with E-state index in [-0.39, 0.29) is 4.99 Å². The molecule has 0 aliphatic carbocycles. The Morgan fingerprint density at radius 1 is 1.50 bits per heavy atom. The summed E-state index contributed by atoms with van der Waals surface area (Å²) in [4.78, 5) is 4.17. The van der Waals surface area contributed by atoms with Crippen molar-refractivity contribution in [2.24, 2.45) is 5.73 Å². The van der Waals surface area contributed by atoms with Crippen molar-refractivity contribution in [2.45, 2.75) is 32.4 Å². The minimum Gasteiger partial charge on any atom is -0.392 e. The van der Waals surface area contributed by atoms with Crippen molar-refractivity contribution in [3.63, 3.8) is 0 Å². The predicted molar refractivity (Wildman–Crippen MR) is 77.1 cm³/mol. The molecular formula is C11H17N3O2S2. The lowest BCUT2D eigenvalue weighted by Gasteiger charge is -2.17. The second-order valence-corrected chi connectivity index (χ2v) is 6.37. The lowest BCUT2D eigenvalue weighted by Crippen LogP contribution is -2.37. The SMILES string of the molecule is CCC(C(N)=S)S(=O)(=O)Nc1ccc(C)nc1C. The summed E-state index contributed by atoms with van der Waals surface area (Å²) in [7, 11) is -3.62. The summed E-state index contributed by atoms with van der Waals surface area (Å²) in [6.45, 7) is 5.31. The predicted octanol–water partition coefficient (Wildman–Crippen LogP) is 1.50. The number of rotatable bonds is 5. The minimum atomic E-state index is -3.62. The fraction of sp³-hybridized carbons (Fsp3) is 0.455. The average Bonchev–Trinajstić information content (AvgIpc) is 2.22. The molecule has 3 N–H and O–H groups in total. The number of pyridine rings is 1. The van der Waals surface area contributed by atoms with E-state index in [1.165, 1.54) is 0 Å². The van der Waals surface area contributed by atoms with Crippen molar-refractivity contribution in [3.05, 3.63) is 23.5 Å². The highest BCUT2D eigenvalue weighted by molar-refractivity contribution is 7.95. The van der Waals surface area contributed by atoms with E-state index in [2.05, 4.69) is 9.71 Å². The average molecular weight is 287 g/mol. The second-order valence-electron chi connectivity index (χ2n) is 4.03. The first-order valence-electron chi connectivity index (χ1n) is 5.53. The summed E-state index contributed by atoms with van der Waals surface area (Å²) in [5, 5.41) is -0.867. The largest absolute Gasteiger partial charge is 0.392 e.